The Bertz CT molecular complexity index is 534. The Morgan fingerprint density at radius 1 is 1.32 bits per heavy atom. The smallest absolute Gasteiger partial charge is 0.191 e. The van der Waals surface area contributed by atoms with Crippen LogP contribution in [-0.4, -0.2) is 62.8 Å². The van der Waals surface area contributed by atoms with Crippen LogP contribution in [0, 0.1) is 0 Å². The second-order valence-electron chi connectivity index (χ2n) is 7.25. The lowest BCUT2D eigenvalue weighted by Crippen LogP contribution is -2.58. The summed E-state index contributed by atoms with van der Waals surface area (Å²) in [6.45, 7) is 8.31. The quantitative estimate of drug-likeness (QED) is 0.602. The maximum absolute atomic E-state index is 5.64. The van der Waals surface area contributed by atoms with Crippen LogP contribution in [0.1, 0.15) is 43.4 Å². The fourth-order valence-corrected chi connectivity index (χ4v) is 4.73. The van der Waals surface area contributed by atoms with E-state index in [1.165, 1.54) is 30.8 Å². The molecular formula is C19H32N4OS. The van der Waals surface area contributed by atoms with Crippen LogP contribution in [0.3, 0.4) is 0 Å². The fourth-order valence-electron chi connectivity index (χ4n) is 3.94. The first-order chi connectivity index (χ1) is 12.2. The SMILES string of the molecule is CN=C(NCC(C)c1cccs1)NCC1(N2CCCC2)CCOCC1. The van der Waals surface area contributed by atoms with E-state index in [1.807, 2.05) is 18.4 Å². The van der Waals surface area contributed by atoms with Crippen LogP contribution < -0.4 is 10.6 Å². The number of thiophene rings is 1. The molecule has 1 aromatic rings. The third kappa shape index (κ3) is 4.74. The van der Waals surface area contributed by atoms with Crippen molar-refractivity contribution in [2.45, 2.75) is 44.1 Å². The van der Waals surface area contributed by atoms with Gasteiger partial charge in [0.25, 0.3) is 0 Å². The highest BCUT2D eigenvalue weighted by molar-refractivity contribution is 7.10. The third-order valence-corrected chi connectivity index (χ3v) is 6.72. The average molecular weight is 365 g/mol. The Kier molecular flexibility index (Phi) is 6.73. The van der Waals surface area contributed by atoms with Gasteiger partial charge in [-0.1, -0.05) is 13.0 Å². The molecule has 140 valence electrons. The standard InChI is InChI=1S/C19H32N4OS/c1-16(17-6-5-13-25-17)14-21-18(20-2)22-15-19(7-11-24-12-8-19)23-9-3-4-10-23/h5-6,13,16H,3-4,7-12,14-15H2,1-2H3,(H2,20,21,22). The number of guanidine groups is 1. The van der Waals surface area contributed by atoms with Crippen molar-refractivity contribution in [2.75, 3.05) is 46.4 Å². The van der Waals surface area contributed by atoms with Gasteiger partial charge < -0.3 is 15.4 Å². The molecule has 2 aliphatic rings. The molecule has 0 radical (unpaired) electrons. The molecule has 1 unspecified atom stereocenters. The Morgan fingerprint density at radius 2 is 2.08 bits per heavy atom. The third-order valence-electron chi connectivity index (χ3n) is 5.61. The summed E-state index contributed by atoms with van der Waals surface area (Å²) >= 11 is 1.82. The molecule has 6 heteroatoms. The average Bonchev–Trinajstić information content (AvgIpc) is 3.36. The highest BCUT2D eigenvalue weighted by Gasteiger charge is 2.39. The van der Waals surface area contributed by atoms with Crippen LogP contribution in [0.2, 0.25) is 0 Å². The molecule has 0 saturated carbocycles. The van der Waals surface area contributed by atoms with Gasteiger partial charge in [0.15, 0.2) is 5.96 Å². The zero-order chi connectivity index (χ0) is 17.5. The number of hydrogen-bond acceptors (Lipinski definition) is 4. The van der Waals surface area contributed by atoms with Gasteiger partial charge in [-0.05, 0) is 50.2 Å². The number of nitrogens with one attached hydrogen (secondary N) is 2. The molecule has 3 rings (SSSR count). The molecule has 1 aromatic heterocycles. The summed E-state index contributed by atoms with van der Waals surface area (Å²) in [5.41, 5.74) is 0.228. The number of rotatable bonds is 6. The minimum absolute atomic E-state index is 0.228. The van der Waals surface area contributed by atoms with Gasteiger partial charge in [0, 0.05) is 49.7 Å². The molecule has 25 heavy (non-hydrogen) atoms. The summed E-state index contributed by atoms with van der Waals surface area (Å²) in [6, 6.07) is 4.33. The molecule has 3 heterocycles. The Balaban J connectivity index is 1.53. The van der Waals surface area contributed by atoms with Crippen LogP contribution >= 0.6 is 11.3 Å². The van der Waals surface area contributed by atoms with Gasteiger partial charge in [0.2, 0.25) is 0 Å². The van der Waals surface area contributed by atoms with Crippen LogP contribution in [0.25, 0.3) is 0 Å². The van der Waals surface area contributed by atoms with Gasteiger partial charge in [-0.3, -0.25) is 9.89 Å². The van der Waals surface area contributed by atoms with Gasteiger partial charge in [-0.15, -0.1) is 11.3 Å². The molecular weight excluding hydrogens is 332 g/mol. The van der Waals surface area contributed by atoms with E-state index in [9.17, 15) is 0 Å². The van der Waals surface area contributed by atoms with Crippen molar-refractivity contribution in [3.63, 3.8) is 0 Å². The molecule has 2 N–H and O–H groups in total. The number of nitrogens with zero attached hydrogens (tertiary/aromatic N) is 2. The lowest BCUT2D eigenvalue weighted by Gasteiger charge is -2.45. The van der Waals surface area contributed by atoms with Crippen LogP contribution in [0.15, 0.2) is 22.5 Å². The zero-order valence-corrected chi connectivity index (χ0v) is 16.4. The summed E-state index contributed by atoms with van der Waals surface area (Å²) in [5, 5.41) is 9.25. The van der Waals surface area contributed by atoms with E-state index < -0.39 is 0 Å². The van der Waals surface area contributed by atoms with Crippen molar-refractivity contribution < 1.29 is 4.74 Å². The second-order valence-corrected chi connectivity index (χ2v) is 8.23. The van der Waals surface area contributed by atoms with Crippen molar-refractivity contribution in [3.05, 3.63) is 22.4 Å². The van der Waals surface area contributed by atoms with Gasteiger partial charge in [0.05, 0.1) is 0 Å². The maximum atomic E-state index is 5.64. The highest BCUT2D eigenvalue weighted by Crippen LogP contribution is 2.30. The predicted molar refractivity (Wildman–Crippen MR) is 106 cm³/mol. The van der Waals surface area contributed by atoms with E-state index >= 15 is 0 Å². The molecule has 0 aliphatic carbocycles. The Hall–Kier alpha value is -1.11. The largest absolute Gasteiger partial charge is 0.381 e. The lowest BCUT2D eigenvalue weighted by molar-refractivity contribution is -0.0164. The van der Waals surface area contributed by atoms with Crippen LogP contribution in [0.4, 0.5) is 0 Å². The summed E-state index contributed by atoms with van der Waals surface area (Å²) in [5.74, 6) is 1.41. The second kappa shape index (κ2) is 9.01. The molecule has 0 bridgehead atoms. The van der Waals surface area contributed by atoms with E-state index in [-0.39, 0.29) is 5.54 Å². The van der Waals surface area contributed by atoms with E-state index in [0.29, 0.717) is 5.92 Å². The molecule has 0 aromatic carbocycles. The zero-order valence-electron chi connectivity index (χ0n) is 15.6. The molecule has 0 spiro atoms. The molecule has 2 saturated heterocycles. The lowest BCUT2D eigenvalue weighted by atomic mass is 9.88. The first-order valence-corrected chi connectivity index (χ1v) is 10.4. The monoisotopic (exact) mass is 364 g/mol. The van der Waals surface area contributed by atoms with E-state index in [1.54, 1.807) is 0 Å². The van der Waals surface area contributed by atoms with Gasteiger partial charge >= 0.3 is 0 Å². The number of hydrogen-bond donors (Lipinski definition) is 2. The van der Waals surface area contributed by atoms with Crippen LogP contribution in [-0.2, 0) is 4.74 Å². The normalized spacial score (nSPS) is 22.7. The van der Waals surface area contributed by atoms with Gasteiger partial charge in [-0.25, -0.2) is 0 Å². The van der Waals surface area contributed by atoms with Crippen molar-refractivity contribution in [1.82, 2.24) is 15.5 Å². The molecule has 1 atom stereocenters. The summed E-state index contributed by atoms with van der Waals surface area (Å²) < 4.78 is 5.64. The first-order valence-electron chi connectivity index (χ1n) is 9.54. The molecule has 2 fully saturated rings. The predicted octanol–water partition coefficient (Wildman–Crippen LogP) is 2.66. The molecule has 0 amide bonds. The summed E-state index contributed by atoms with van der Waals surface area (Å²) in [4.78, 5) is 8.53. The minimum Gasteiger partial charge on any atom is -0.381 e. The maximum Gasteiger partial charge on any atom is 0.191 e. The van der Waals surface area contributed by atoms with Crippen molar-refractivity contribution in [1.29, 1.82) is 0 Å². The first kappa shape index (κ1) is 18.7. The number of likely N-dealkylation sites (tertiary alicyclic amines) is 1. The Morgan fingerprint density at radius 3 is 2.72 bits per heavy atom. The van der Waals surface area contributed by atoms with Gasteiger partial charge in [-0.2, -0.15) is 0 Å². The van der Waals surface area contributed by atoms with Crippen molar-refractivity contribution in [3.8, 4) is 0 Å². The van der Waals surface area contributed by atoms with E-state index in [2.05, 4.69) is 45.0 Å². The molecule has 2 aliphatic heterocycles. The van der Waals surface area contributed by atoms with Crippen molar-refractivity contribution in [2.24, 2.45) is 4.99 Å². The Labute approximate surface area is 155 Å². The van der Waals surface area contributed by atoms with Crippen molar-refractivity contribution >= 4 is 17.3 Å². The summed E-state index contributed by atoms with van der Waals surface area (Å²) in [7, 11) is 1.86. The summed E-state index contributed by atoms with van der Waals surface area (Å²) in [6.07, 6.45) is 4.88. The highest BCUT2D eigenvalue weighted by atomic mass is 32.1. The van der Waals surface area contributed by atoms with Gasteiger partial charge in [0.1, 0.15) is 0 Å². The number of ether oxygens (including phenoxy) is 1. The minimum atomic E-state index is 0.228. The topological polar surface area (TPSA) is 48.9 Å². The van der Waals surface area contributed by atoms with E-state index in [4.69, 9.17) is 4.74 Å². The fraction of sp³-hybridized carbons (Fsp3) is 0.737. The molecule has 5 nitrogen and oxygen atoms in total. The van der Waals surface area contributed by atoms with Crippen LogP contribution in [0.5, 0.6) is 0 Å². The number of aliphatic imine (C=N–C) groups is 1. The van der Waals surface area contributed by atoms with E-state index in [0.717, 1.165) is 45.1 Å².